The fourth-order valence-corrected chi connectivity index (χ4v) is 4.41. The van der Waals surface area contributed by atoms with Crippen molar-refractivity contribution in [2.24, 2.45) is 0 Å². The van der Waals surface area contributed by atoms with Crippen molar-refractivity contribution in [2.45, 2.75) is 51.0 Å². The van der Waals surface area contributed by atoms with Gasteiger partial charge < -0.3 is 15.5 Å². The molecule has 0 saturated carbocycles. The fourth-order valence-electron chi connectivity index (χ4n) is 3.85. The van der Waals surface area contributed by atoms with Gasteiger partial charge >= 0.3 is 0 Å². The van der Waals surface area contributed by atoms with Gasteiger partial charge in [-0.25, -0.2) is 9.97 Å². The molecule has 1 fully saturated rings. The van der Waals surface area contributed by atoms with Crippen molar-refractivity contribution in [1.29, 1.82) is 0 Å². The number of thiazole rings is 1. The summed E-state index contributed by atoms with van der Waals surface area (Å²) in [6, 6.07) is 3.66. The van der Waals surface area contributed by atoms with Crippen LogP contribution in [0.3, 0.4) is 0 Å². The number of nitrogens with zero attached hydrogens (tertiary/aromatic N) is 3. The lowest BCUT2D eigenvalue weighted by molar-refractivity contribution is 0.0539. The van der Waals surface area contributed by atoms with Gasteiger partial charge in [0.25, 0.3) is 5.56 Å². The van der Waals surface area contributed by atoms with Crippen LogP contribution in [0.2, 0.25) is 0 Å². The van der Waals surface area contributed by atoms with Gasteiger partial charge in [0.05, 0.1) is 47.2 Å². The van der Waals surface area contributed by atoms with Crippen molar-refractivity contribution in [3.63, 3.8) is 0 Å². The van der Waals surface area contributed by atoms with Gasteiger partial charge in [-0.2, -0.15) is 0 Å². The van der Waals surface area contributed by atoms with Gasteiger partial charge in [0.2, 0.25) is 0 Å². The third kappa shape index (κ3) is 3.86. The Kier molecular flexibility index (Phi) is 5.54. The van der Waals surface area contributed by atoms with Crippen LogP contribution in [0.1, 0.15) is 24.8 Å². The summed E-state index contributed by atoms with van der Waals surface area (Å²) in [5.74, 6) is 0. The largest absolute Gasteiger partial charge is 0.392 e. The fraction of sp³-hybridized carbons (Fsp3) is 0.450. The van der Waals surface area contributed by atoms with Crippen LogP contribution in [0, 0.1) is 6.92 Å². The van der Waals surface area contributed by atoms with Gasteiger partial charge in [-0.05, 0) is 50.4 Å². The van der Waals surface area contributed by atoms with Crippen LogP contribution in [0.15, 0.2) is 34.1 Å². The number of aromatic nitrogens is 3. The monoisotopic (exact) mass is 400 g/mol. The Morgan fingerprint density at radius 1 is 1.39 bits per heavy atom. The van der Waals surface area contributed by atoms with Gasteiger partial charge in [-0.3, -0.25) is 9.36 Å². The average Bonchev–Trinajstić information content (AvgIpc) is 3.21. The van der Waals surface area contributed by atoms with E-state index < -0.39 is 12.2 Å². The number of nitrogens with one attached hydrogen (secondary N) is 1. The van der Waals surface area contributed by atoms with Crippen LogP contribution in [-0.4, -0.2) is 49.5 Å². The molecule has 8 heteroatoms. The van der Waals surface area contributed by atoms with Gasteiger partial charge in [0, 0.05) is 17.0 Å². The number of hydrogen-bond donors (Lipinski definition) is 3. The number of fused-ring (bicyclic) bond motifs is 1. The predicted octanol–water partition coefficient (Wildman–Crippen LogP) is 1.69. The van der Waals surface area contributed by atoms with Crippen molar-refractivity contribution in [3.8, 4) is 11.3 Å². The minimum absolute atomic E-state index is 0.145. The Morgan fingerprint density at radius 3 is 3.00 bits per heavy atom. The number of aliphatic hydroxyl groups excluding tert-OH is 2. The summed E-state index contributed by atoms with van der Waals surface area (Å²) in [5.41, 5.74) is 4.89. The van der Waals surface area contributed by atoms with Gasteiger partial charge in [0.1, 0.15) is 0 Å². The second-order valence-electron chi connectivity index (χ2n) is 7.42. The zero-order valence-electron chi connectivity index (χ0n) is 15.7. The molecule has 7 nitrogen and oxygen atoms in total. The van der Waals surface area contributed by atoms with E-state index in [0.29, 0.717) is 17.3 Å². The van der Waals surface area contributed by atoms with Crippen LogP contribution in [0.25, 0.3) is 22.2 Å². The van der Waals surface area contributed by atoms with E-state index in [1.165, 1.54) is 22.2 Å². The predicted molar refractivity (Wildman–Crippen MR) is 110 cm³/mol. The summed E-state index contributed by atoms with van der Waals surface area (Å²) in [6.45, 7) is 2.91. The highest BCUT2D eigenvalue weighted by Crippen LogP contribution is 2.24. The van der Waals surface area contributed by atoms with E-state index in [2.05, 4.69) is 15.3 Å². The number of aryl methyl sites for hydroxylation is 1. The number of rotatable bonds is 5. The van der Waals surface area contributed by atoms with E-state index in [1.807, 2.05) is 24.4 Å². The number of hydrogen-bond acceptors (Lipinski definition) is 7. The third-order valence-corrected chi connectivity index (χ3v) is 5.91. The maximum absolute atomic E-state index is 13.0. The Hall–Kier alpha value is -2.13. The summed E-state index contributed by atoms with van der Waals surface area (Å²) < 4.78 is 1.45. The van der Waals surface area contributed by atoms with Crippen LogP contribution in [-0.2, 0) is 6.54 Å². The molecule has 1 aliphatic heterocycles. The first-order valence-corrected chi connectivity index (χ1v) is 10.4. The normalized spacial score (nSPS) is 21.1. The first-order valence-electron chi connectivity index (χ1n) is 9.51. The molecule has 1 saturated heterocycles. The molecule has 0 spiro atoms. The Morgan fingerprint density at radius 2 is 2.25 bits per heavy atom. The van der Waals surface area contributed by atoms with Gasteiger partial charge in [-0.15, -0.1) is 11.3 Å². The smallest absolute Gasteiger partial charge is 0.261 e. The molecular weight excluding hydrogens is 376 g/mol. The van der Waals surface area contributed by atoms with Crippen LogP contribution < -0.4 is 10.9 Å². The van der Waals surface area contributed by atoms with E-state index in [-0.39, 0.29) is 18.1 Å². The van der Waals surface area contributed by atoms with E-state index in [1.54, 1.807) is 5.51 Å². The van der Waals surface area contributed by atoms with Crippen molar-refractivity contribution >= 4 is 22.2 Å². The Balaban J connectivity index is 1.61. The number of benzene rings is 1. The molecule has 1 aliphatic rings. The maximum atomic E-state index is 13.0. The van der Waals surface area contributed by atoms with Crippen molar-refractivity contribution in [1.82, 2.24) is 19.9 Å². The molecule has 0 bridgehead atoms. The minimum atomic E-state index is -0.745. The molecule has 1 aromatic carbocycles. The molecule has 0 unspecified atom stereocenters. The molecule has 3 aromatic rings. The molecule has 3 atom stereocenters. The molecule has 28 heavy (non-hydrogen) atoms. The highest BCUT2D eigenvalue weighted by molar-refractivity contribution is 7.07. The quantitative estimate of drug-likeness (QED) is 0.603. The zero-order chi connectivity index (χ0) is 19.7. The highest BCUT2D eigenvalue weighted by atomic mass is 32.1. The molecule has 0 radical (unpaired) electrons. The summed E-state index contributed by atoms with van der Waals surface area (Å²) >= 11 is 1.51. The van der Waals surface area contributed by atoms with Gasteiger partial charge in [0.15, 0.2) is 0 Å². The summed E-state index contributed by atoms with van der Waals surface area (Å²) in [5, 5.41) is 26.3. The lowest BCUT2D eigenvalue weighted by Crippen LogP contribution is -2.47. The average molecular weight is 401 g/mol. The standard InChI is InChI=1S/C20H24N4O3S/c1-12-5-13(17-9-28-11-23-17)6-15-19(12)22-10-24(20(15)27)8-14(25)7-16-18(26)3-2-4-21-16/h5-6,9-11,14,16,18,21,25-26H,2-4,7-8H2,1H3/t14-,16+,18-/m0/s1. The second-order valence-corrected chi connectivity index (χ2v) is 8.14. The maximum Gasteiger partial charge on any atom is 0.261 e. The molecule has 148 valence electrons. The van der Waals surface area contributed by atoms with Gasteiger partial charge in [-0.1, -0.05) is 0 Å². The molecule has 3 N–H and O–H groups in total. The van der Waals surface area contributed by atoms with E-state index in [9.17, 15) is 15.0 Å². The summed E-state index contributed by atoms with van der Waals surface area (Å²) in [6.07, 6.45) is 2.35. The molecule has 2 aromatic heterocycles. The van der Waals surface area contributed by atoms with E-state index >= 15 is 0 Å². The lowest BCUT2D eigenvalue weighted by atomic mass is 9.96. The Bertz CT molecular complexity index is 1020. The topological polar surface area (TPSA) is 100 Å². The molecule has 3 heterocycles. The first kappa shape index (κ1) is 19.2. The lowest BCUT2D eigenvalue weighted by Gasteiger charge is -2.30. The first-order chi connectivity index (χ1) is 13.5. The Labute approximate surface area is 166 Å². The van der Waals surface area contributed by atoms with Crippen molar-refractivity contribution in [2.75, 3.05) is 6.54 Å². The van der Waals surface area contributed by atoms with E-state index in [4.69, 9.17) is 0 Å². The summed E-state index contributed by atoms with van der Waals surface area (Å²) in [4.78, 5) is 21.8. The van der Waals surface area contributed by atoms with Crippen molar-refractivity contribution < 1.29 is 10.2 Å². The molecule has 0 aliphatic carbocycles. The minimum Gasteiger partial charge on any atom is -0.392 e. The number of piperidine rings is 1. The zero-order valence-corrected chi connectivity index (χ0v) is 16.5. The molecule has 0 amide bonds. The number of aliphatic hydroxyl groups is 2. The van der Waals surface area contributed by atoms with Crippen LogP contribution in [0.4, 0.5) is 0 Å². The second kappa shape index (κ2) is 8.08. The molecule has 4 rings (SSSR count). The third-order valence-electron chi connectivity index (χ3n) is 5.33. The van der Waals surface area contributed by atoms with Crippen LogP contribution >= 0.6 is 11.3 Å². The molecular formula is C20H24N4O3S. The van der Waals surface area contributed by atoms with Crippen LogP contribution in [0.5, 0.6) is 0 Å². The van der Waals surface area contributed by atoms with Crippen molar-refractivity contribution in [3.05, 3.63) is 45.3 Å². The SMILES string of the molecule is Cc1cc(-c2cscn2)cc2c(=O)n(C[C@@H](O)C[C@H]3NCCC[C@@H]3O)cnc12. The highest BCUT2D eigenvalue weighted by Gasteiger charge is 2.25. The van der Waals surface area contributed by atoms with E-state index in [0.717, 1.165) is 36.2 Å². The summed E-state index contributed by atoms with van der Waals surface area (Å²) in [7, 11) is 0.